The lowest BCUT2D eigenvalue weighted by atomic mass is 9.92. The quantitative estimate of drug-likeness (QED) is 0.219. The molecule has 0 spiro atoms. The first-order chi connectivity index (χ1) is 13.6. The summed E-state index contributed by atoms with van der Waals surface area (Å²) in [5.74, 6) is -34.5. The largest absolute Gasteiger partial charge is 0.500 e. The Morgan fingerprint density at radius 3 is 1.39 bits per heavy atom. The number of halogens is 13. The summed E-state index contributed by atoms with van der Waals surface area (Å²) in [5.41, 5.74) is 0. The SMILES string of the molecule is CCC[Si](OC)(OC)OCC(F)(F)C(F)(F)C(F)(F)C(F)(F)C(F)(F)CCC(F)(F)F. The Kier molecular flexibility index (Phi) is 9.33. The molecule has 0 amide bonds. The maximum Gasteiger partial charge on any atom is 0.500 e. The molecule has 0 aliphatic heterocycles. The molecule has 0 rings (SSSR count). The van der Waals surface area contributed by atoms with Crippen molar-refractivity contribution in [1.82, 2.24) is 0 Å². The molecule has 0 heterocycles. The zero-order chi connectivity index (χ0) is 25.2. The Morgan fingerprint density at radius 2 is 1.03 bits per heavy atom. The van der Waals surface area contributed by atoms with Crippen LogP contribution in [0.2, 0.25) is 6.04 Å². The van der Waals surface area contributed by atoms with Crippen molar-refractivity contribution in [3.05, 3.63) is 0 Å². The molecule has 31 heavy (non-hydrogen) atoms. The lowest BCUT2D eigenvalue weighted by molar-refractivity contribution is -0.405. The summed E-state index contributed by atoms with van der Waals surface area (Å²) in [5, 5.41) is 0. The van der Waals surface area contributed by atoms with Gasteiger partial charge in [0, 0.05) is 33.1 Å². The lowest BCUT2D eigenvalue weighted by Gasteiger charge is -2.40. The average Bonchev–Trinajstić information content (AvgIpc) is 2.62. The van der Waals surface area contributed by atoms with Crippen LogP contribution in [-0.4, -0.2) is 65.4 Å². The number of hydrogen-bond acceptors (Lipinski definition) is 3. The van der Waals surface area contributed by atoms with E-state index >= 15 is 0 Å². The molecule has 0 aromatic heterocycles. The van der Waals surface area contributed by atoms with Crippen molar-refractivity contribution in [2.45, 2.75) is 68.0 Å². The molecule has 0 saturated heterocycles. The van der Waals surface area contributed by atoms with Crippen LogP contribution in [0.5, 0.6) is 0 Å². The molecular weight excluding hydrogens is 491 g/mol. The molecule has 0 aliphatic rings. The van der Waals surface area contributed by atoms with E-state index in [0.29, 0.717) is 0 Å². The van der Waals surface area contributed by atoms with Crippen molar-refractivity contribution >= 4 is 8.80 Å². The average molecular weight is 510 g/mol. The molecule has 0 N–H and O–H groups in total. The van der Waals surface area contributed by atoms with Crippen LogP contribution in [0.4, 0.5) is 57.1 Å². The molecule has 0 aromatic rings. The number of rotatable bonds is 13. The minimum atomic E-state index is -7.48. The van der Waals surface area contributed by atoms with Gasteiger partial charge in [0.2, 0.25) is 0 Å². The van der Waals surface area contributed by atoms with E-state index in [1.54, 1.807) is 0 Å². The van der Waals surface area contributed by atoms with Crippen molar-refractivity contribution < 1.29 is 70.4 Å². The van der Waals surface area contributed by atoms with Gasteiger partial charge in [0.15, 0.2) is 0 Å². The first kappa shape index (κ1) is 30.2. The van der Waals surface area contributed by atoms with Gasteiger partial charge in [-0.05, 0) is 0 Å². The van der Waals surface area contributed by atoms with Gasteiger partial charge in [0.25, 0.3) is 0 Å². The highest BCUT2D eigenvalue weighted by Gasteiger charge is 2.86. The van der Waals surface area contributed by atoms with Crippen LogP contribution in [-0.2, 0) is 13.3 Å². The third-order valence-electron chi connectivity index (χ3n) is 4.08. The van der Waals surface area contributed by atoms with Crippen molar-refractivity contribution in [2.24, 2.45) is 0 Å². The fourth-order valence-corrected chi connectivity index (χ4v) is 4.16. The van der Waals surface area contributed by atoms with E-state index in [9.17, 15) is 57.1 Å². The summed E-state index contributed by atoms with van der Waals surface area (Å²) in [6, 6.07) is -0.288. The summed E-state index contributed by atoms with van der Waals surface area (Å²) in [6.07, 6.45) is -11.2. The van der Waals surface area contributed by atoms with Crippen LogP contribution in [0.15, 0.2) is 0 Å². The molecule has 0 unspecified atom stereocenters. The van der Waals surface area contributed by atoms with Gasteiger partial charge in [-0.1, -0.05) is 13.3 Å². The lowest BCUT2D eigenvalue weighted by Crippen LogP contribution is -2.68. The van der Waals surface area contributed by atoms with Crippen LogP contribution in [0, 0.1) is 0 Å². The van der Waals surface area contributed by atoms with E-state index in [1.165, 1.54) is 6.92 Å². The highest BCUT2D eigenvalue weighted by atomic mass is 28.4. The molecule has 0 saturated carbocycles. The van der Waals surface area contributed by atoms with Crippen molar-refractivity contribution in [3.63, 3.8) is 0 Å². The molecule has 0 bridgehead atoms. The van der Waals surface area contributed by atoms with Crippen LogP contribution in [0.3, 0.4) is 0 Å². The summed E-state index contributed by atoms with van der Waals surface area (Å²) in [6.45, 7) is -1.25. The first-order valence-corrected chi connectivity index (χ1v) is 10.2. The minimum Gasteiger partial charge on any atom is -0.377 e. The number of alkyl halides is 13. The van der Waals surface area contributed by atoms with Crippen LogP contribution in [0.1, 0.15) is 26.2 Å². The standard InChI is InChI=1S/C14H19F13O3Si/c1-4-7-31(28-2,29-3)30-8-10(17,18)13(24,25)14(26,27)12(22,23)9(15,16)5-6-11(19,20)21/h4-8H2,1-3H3. The normalized spacial score (nSPS) is 15.5. The molecule has 0 aliphatic carbocycles. The zero-order valence-corrected chi connectivity index (χ0v) is 17.2. The fourth-order valence-electron chi connectivity index (χ4n) is 2.19. The predicted octanol–water partition coefficient (Wildman–Crippen LogP) is 6.16. The topological polar surface area (TPSA) is 27.7 Å². The van der Waals surface area contributed by atoms with E-state index in [4.69, 9.17) is 0 Å². The van der Waals surface area contributed by atoms with Crippen molar-refractivity contribution in [2.75, 3.05) is 20.8 Å². The second kappa shape index (κ2) is 9.58. The van der Waals surface area contributed by atoms with E-state index in [2.05, 4.69) is 13.3 Å². The molecule has 3 nitrogen and oxygen atoms in total. The summed E-state index contributed by atoms with van der Waals surface area (Å²) >= 11 is 0. The van der Waals surface area contributed by atoms with Gasteiger partial charge in [-0.3, -0.25) is 0 Å². The second-order valence-corrected chi connectivity index (χ2v) is 9.35. The van der Waals surface area contributed by atoms with Crippen molar-refractivity contribution in [3.8, 4) is 0 Å². The van der Waals surface area contributed by atoms with Gasteiger partial charge >= 0.3 is 44.6 Å². The summed E-state index contributed by atoms with van der Waals surface area (Å²) in [4.78, 5) is 0. The van der Waals surface area contributed by atoms with Crippen LogP contribution < -0.4 is 0 Å². The van der Waals surface area contributed by atoms with E-state index in [1.807, 2.05) is 0 Å². The highest BCUT2D eigenvalue weighted by molar-refractivity contribution is 6.60. The Balaban J connectivity index is 5.91. The molecular formula is C14H19F13O3Si. The number of hydrogen-bond donors (Lipinski definition) is 0. The summed E-state index contributed by atoms with van der Waals surface area (Å²) in [7, 11) is -2.45. The van der Waals surface area contributed by atoms with Crippen LogP contribution >= 0.6 is 0 Å². The molecule has 0 fully saturated rings. The predicted molar refractivity (Wildman–Crippen MR) is 80.8 cm³/mol. The van der Waals surface area contributed by atoms with Gasteiger partial charge in [0.1, 0.15) is 6.61 Å². The maximum absolute atomic E-state index is 13.8. The maximum atomic E-state index is 13.8. The van der Waals surface area contributed by atoms with Gasteiger partial charge in [-0.2, -0.15) is 57.1 Å². The highest BCUT2D eigenvalue weighted by Crippen LogP contribution is 2.58. The first-order valence-electron chi connectivity index (χ1n) is 8.30. The Labute approximate surface area is 169 Å². The van der Waals surface area contributed by atoms with Gasteiger partial charge in [-0.15, -0.1) is 0 Å². The van der Waals surface area contributed by atoms with E-state index in [0.717, 1.165) is 14.2 Å². The molecule has 17 heteroatoms. The van der Waals surface area contributed by atoms with E-state index < -0.39 is 64.0 Å². The van der Waals surface area contributed by atoms with Crippen molar-refractivity contribution in [1.29, 1.82) is 0 Å². The Morgan fingerprint density at radius 1 is 0.613 bits per heavy atom. The molecule has 0 radical (unpaired) electrons. The smallest absolute Gasteiger partial charge is 0.377 e. The molecule has 0 aromatic carbocycles. The van der Waals surface area contributed by atoms with Gasteiger partial charge in [-0.25, -0.2) is 0 Å². The van der Waals surface area contributed by atoms with Gasteiger partial charge < -0.3 is 13.3 Å². The third kappa shape index (κ3) is 6.16. The van der Waals surface area contributed by atoms with Gasteiger partial charge in [0.05, 0.1) is 0 Å². The second-order valence-electron chi connectivity index (χ2n) is 6.38. The molecule has 0 atom stereocenters. The minimum absolute atomic E-state index is 0.107. The fraction of sp³-hybridized carbons (Fsp3) is 1.00. The third-order valence-corrected chi connectivity index (χ3v) is 7.02. The van der Waals surface area contributed by atoms with E-state index in [-0.39, 0.29) is 12.5 Å². The monoisotopic (exact) mass is 510 g/mol. The molecule has 188 valence electrons. The Bertz CT molecular complexity index is 576. The Hall–Kier alpha value is -0.813. The van der Waals surface area contributed by atoms with Crippen LogP contribution in [0.25, 0.3) is 0 Å². The zero-order valence-electron chi connectivity index (χ0n) is 16.2. The summed E-state index contributed by atoms with van der Waals surface area (Å²) < 4.78 is 186.